The number of nitrogens with one attached hydrogen (secondary N) is 1. The molecule has 1 aromatic carbocycles. The van der Waals surface area contributed by atoms with Gasteiger partial charge in [-0.05, 0) is 32.4 Å². The zero-order chi connectivity index (χ0) is 10.7. The molecule has 3 heteroatoms. The molecule has 0 saturated heterocycles. The van der Waals surface area contributed by atoms with E-state index in [2.05, 4.69) is 5.32 Å². The smallest absolute Gasteiger partial charge is 0.252 e. The molecule has 0 aliphatic rings. The standard InChI is InChI=1S/C11H15NO2/c1-7-4-5-10(8(2)6-7)12-11(14)9(3)13/h4-6,9,13H,1-3H3,(H,12,14). The number of hydrogen-bond acceptors (Lipinski definition) is 2. The summed E-state index contributed by atoms with van der Waals surface area (Å²) in [6.45, 7) is 5.36. The number of anilines is 1. The number of hydrogen-bond donors (Lipinski definition) is 2. The summed E-state index contributed by atoms with van der Waals surface area (Å²) in [5, 5.41) is 11.7. The summed E-state index contributed by atoms with van der Waals surface area (Å²) in [6, 6.07) is 5.74. The number of amides is 1. The second-order valence-electron chi connectivity index (χ2n) is 3.48. The van der Waals surface area contributed by atoms with Crippen LogP contribution in [0.15, 0.2) is 18.2 Å². The third-order valence-corrected chi connectivity index (χ3v) is 2.02. The van der Waals surface area contributed by atoms with E-state index in [4.69, 9.17) is 5.11 Å². The van der Waals surface area contributed by atoms with Crippen LogP contribution in [0.5, 0.6) is 0 Å². The van der Waals surface area contributed by atoms with Gasteiger partial charge in [0.1, 0.15) is 6.10 Å². The van der Waals surface area contributed by atoms with Gasteiger partial charge in [0.2, 0.25) is 0 Å². The van der Waals surface area contributed by atoms with Crippen molar-refractivity contribution in [3.63, 3.8) is 0 Å². The van der Waals surface area contributed by atoms with Crippen LogP contribution >= 0.6 is 0 Å². The molecule has 0 saturated carbocycles. The maximum absolute atomic E-state index is 11.2. The van der Waals surface area contributed by atoms with Gasteiger partial charge in [-0.3, -0.25) is 4.79 Å². The van der Waals surface area contributed by atoms with Gasteiger partial charge in [0.15, 0.2) is 0 Å². The Labute approximate surface area is 83.8 Å². The number of carbonyl (C=O) groups excluding carboxylic acids is 1. The lowest BCUT2D eigenvalue weighted by Crippen LogP contribution is -2.24. The Morgan fingerprint density at radius 1 is 1.43 bits per heavy atom. The molecule has 0 spiro atoms. The molecule has 2 N–H and O–H groups in total. The molecule has 1 unspecified atom stereocenters. The van der Waals surface area contributed by atoms with Gasteiger partial charge in [-0.1, -0.05) is 17.7 Å². The molecular formula is C11H15NO2. The molecule has 1 amide bonds. The van der Waals surface area contributed by atoms with Crippen LogP contribution in [0.2, 0.25) is 0 Å². The second-order valence-corrected chi connectivity index (χ2v) is 3.48. The number of rotatable bonds is 2. The maximum atomic E-state index is 11.2. The summed E-state index contributed by atoms with van der Waals surface area (Å²) < 4.78 is 0. The molecular weight excluding hydrogens is 178 g/mol. The summed E-state index contributed by atoms with van der Waals surface area (Å²) in [5.74, 6) is -0.378. The van der Waals surface area contributed by atoms with Crippen molar-refractivity contribution in [1.29, 1.82) is 0 Å². The minimum atomic E-state index is -0.976. The van der Waals surface area contributed by atoms with Crippen LogP contribution in [0.3, 0.4) is 0 Å². The maximum Gasteiger partial charge on any atom is 0.252 e. The van der Waals surface area contributed by atoms with Gasteiger partial charge in [0.05, 0.1) is 0 Å². The van der Waals surface area contributed by atoms with E-state index in [-0.39, 0.29) is 5.91 Å². The molecule has 0 aliphatic carbocycles. The molecule has 0 radical (unpaired) electrons. The summed E-state index contributed by atoms with van der Waals surface area (Å²) in [4.78, 5) is 11.2. The van der Waals surface area contributed by atoms with Crippen LogP contribution < -0.4 is 5.32 Å². The summed E-state index contributed by atoms with van der Waals surface area (Å²) in [7, 11) is 0. The predicted octanol–water partition coefficient (Wildman–Crippen LogP) is 1.62. The van der Waals surface area contributed by atoms with E-state index in [0.29, 0.717) is 0 Å². The lowest BCUT2D eigenvalue weighted by Gasteiger charge is -2.10. The highest BCUT2D eigenvalue weighted by Gasteiger charge is 2.09. The summed E-state index contributed by atoms with van der Waals surface area (Å²) in [6.07, 6.45) is -0.976. The van der Waals surface area contributed by atoms with Crippen LogP contribution in [0.25, 0.3) is 0 Å². The predicted molar refractivity (Wildman–Crippen MR) is 56.2 cm³/mol. The first-order chi connectivity index (χ1) is 6.50. The van der Waals surface area contributed by atoms with Crippen LogP contribution in [-0.4, -0.2) is 17.1 Å². The first-order valence-electron chi connectivity index (χ1n) is 4.57. The highest BCUT2D eigenvalue weighted by atomic mass is 16.3. The van der Waals surface area contributed by atoms with Crippen molar-refractivity contribution in [1.82, 2.24) is 0 Å². The average Bonchev–Trinajstić information content (AvgIpc) is 2.09. The molecule has 14 heavy (non-hydrogen) atoms. The Morgan fingerprint density at radius 2 is 2.07 bits per heavy atom. The van der Waals surface area contributed by atoms with Gasteiger partial charge in [0.25, 0.3) is 5.91 Å². The van der Waals surface area contributed by atoms with Crippen molar-refractivity contribution >= 4 is 11.6 Å². The minimum Gasteiger partial charge on any atom is -0.384 e. The highest BCUT2D eigenvalue weighted by molar-refractivity contribution is 5.94. The normalized spacial score (nSPS) is 12.3. The van der Waals surface area contributed by atoms with Gasteiger partial charge in [-0.15, -0.1) is 0 Å². The third kappa shape index (κ3) is 2.57. The van der Waals surface area contributed by atoms with Crippen LogP contribution in [0.4, 0.5) is 5.69 Å². The van der Waals surface area contributed by atoms with Crippen molar-refractivity contribution in [3.05, 3.63) is 29.3 Å². The van der Waals surface area contributed by atoms with Gasteiger partial charge in [-0.2, -0.15) is 0 Å². The summed E-state index contributed by atoms with van der Waals surface area (Å²) in [5.41, 5.74) is 2.90. The zero-order valence-corrected chi connectivity index (χ0v) is 8.66. The van der Waals surface area contributed by atoms with Gasteiger partial charge in [-0.25, -0.2) is 0 Å². The van der Waals surface area contributed by atoms with Crippen LogP contribution in [0, 0.1) is 13.8 Å². The Hall–Kier alpha value is -1.35. The van der Waals surface area contributed by atoms with E-state index in [1.807, 2.05) is 32.0 Å². The Bertz CT molecular complexity index is 345. The van der Waals surface area contributed by atoms with E-state index >= 15 is 0 Å². The fourth-order valence-electron chi connectivity index (χ4n) is 1.19. The number of aliphatic hydroxyl groups is 1. The SMILES string of the molecule is Cc1ccc(NC(=O)C(C)O)c(C)c1. The third-order valence-electron chi connectivity index (χ3n) is 2.02. The topological polar surface area (TPSA) is 49.3 Å². The van der Waals surface area contributed by atoms with E-state index in [0.717, 1.165) is 16.8 Å². The Kier molecular flexibility index (Phi) is 3.25. The van der Waals surface area contributed by atoms with Crippen molar-refractivity contribution in [2.45, 2.75) is 26.9 Å². The monoisotopic (exact) mass is 193 g/mol. The van der Waals surface area contributed by atoms with Gasteiger partial charge < -0.3 is 10.4 Å². The fourth-order valence-corrected chi connectivity index (χ4v) is 1.19. The molecule has 3 nitrogen and oxygen atoms in total. The van der Waals surface area contributed by atoms with Gasteiger partial charge >= 0.3 is 0 Å². The number of aryl methyl sites for hydroxylation is 2. The van der Waals surface area contributed by atoms with Crippen LogP contribution in [-0.2, 0) is 4.79 Å². The quantitative estimate of drug-likeness (QED) is 0.749. The molecule has 0 heterocycles. The molecule has 0 fully saturated rings. The largest absolute Gasteiger partial charge is 0.384 e. The molecule has 1 atom stereocenters. The first-order valence-corrected chi connectivity index (χ1v) is 4.57. The fraction of sp³-hybridized carbons (Fsp3) is 0.364. The molecule has 0 aromatic heterocycles. The van der Waals surface area contributed by atoms with E-state index in [9.17, 15) is 4.79 Å². The number of benzene rings is 1. The molecule has 0 aliphatic heterocycles. The Balaban J connectivity index is 2.82. The Morgan fingerprint density at radius 3 is 2.57 bits per heavy atom. The highest BCUT2D eigenvalue weighted by Crippen LogP contribution is 2.15. The lowest BCUT2D eigenvalue weighted by atomic mass is 10.1. The van der Waals surface area contributed by atoms with E-state index in [1.165, 1.54) is 6.92 Å². The van der Waals surface area contributed by atoms with Crippen molar-refractivity contribution in [2.24, 2.45) is 0 Å². The number of carbonyl (C=O) groups is 1. The molecule has 1 aromatic rings. The lowest BCUT2D eigenvalue weighted by molar-refractivity contribution is -0.123. The molecule has 1 rings (SSSR count). The van der Waals surface area contributed by atoms with Crippen molar-refractivity contribution < 1.29 is 9.90 Å². The summed E-state index contributed by atoms with van der Waals surface area (Å²) >= 11 is 0. The van der Waals surface area contributed by atoms with Gasteiger partial charge in [0, 0.05) is 5.69 Å². The molecule has 76 valence electrons. The second kappa shape index (κ2) is 4.24. The van der Waals surface area contributed by atoms with Crippen molar-refractivity contribution in [3.8, 4) is 0 Å². The van der Waals surface area contributed by atoms with E-state index in [1.54, 1.807) is 0 Å². The first kappa shape index (κ1) is 10.7. The van der Waals surface area contributed by atoms with Crippen LogP contribution in [0.1, 0.15) is 18.1 Å². The number of aliphatic hydroxyl groups excluding tert-OH is 1. The van der Waals surface area contributed by atoms with E-state index < -0.39 is 6.10 Å². The molecule has 0 bridgehead atoms. The average molecular weight is 193 g/mol. The zero-order valence-electron chi connectivity index (χ0n) is 8.66. The van der Waals surface area contributed by atoms with Crippen molar-refractivity contribution in [2.75, 3.05) is 5.32 Å². The minimum absolute atomic E-state index is 0.378.